The zero-order valence-electron chi connectivity index (χ0n) is 9.26. The number of benzene rings is 1. The smallest absolute Gasteiger partial charge is 0.0652 e. The van der Waals surface area contributed by atoms with Crippen molar-refractivity contribution < 1.29 is 0 Å². The summed E-state index contributed by atoms with van der Waals surface area (Å²) < 4.78 is 1.53. The van der Waals surface area contributed by atoms with Crippen LogP contribution in [0.5, 0.6) is 0 Å². The highest BCUT2D eigenvalue weighted by Crippen LogP contribution is 2.25. The lowest BCUT2D eigenvalue weighted by molar-refractivity contribution is 1.44. The summed E-state index contributed by atoms with van der Waals surface area (Å²) >= 11 is 2.49. The van der Waals surface area contributed by atoms with Gasteiger partial charge in [0.05, 0.1) is 8.07 Å². The highest BCUT2D eigenvalue weighted by Gasteiger charge is 2.16. The first kappa shape index (κ1) is 12.0. The Bertz CT molecular complexity index is 348. The third kappa shape index (κ3) is 3.24. The van der Waals surface area contributed by atoms with Crippen molar-refractivity contribution in [1.82, 2.24) is 0 Å². The topological polar surface area (TPSA) is 0 Å². The van der Waals surface area contributed by atoms with Gasteiger partial charge < -0.3 is 0 Å². The molecule has 0 aliphatic heterocycles. The molecule has 0 bridgehead atoms. The Morgan fingerprint density at radius 2 is 1.79 bits per heavy atom. The molecule has 0 N–H and O–H groups in total. The fraction of sp³-hybridized carbons (Fsp3) is 0.333. The second kappa shape index (κ2) is 4.62. The van der Waals surface area contributed by atoms with Gasteiger partial charge in [-0.15, -0.1) is 0 Å². The maximum Gasteiger partial charge on any atom is 0.0854 e. The van der Waals surface area contributed by atoms with E-state index in [4.69, 9.17) is 0 Å². The SMILES string of the molecule is Cc1ccccc1C=C(I)[Si](C)(C)C. The Morgan fingerprint density at radius 1 is 1.21 bits per heavy atom. The van der Waals surface area contributed by atoms with E-state index in [1.165, 1.54) is 14.3 Å². The molecule has 0 amide bonds. The minimum Gasteiger partial charge on any atom is -0.0652 e. The minimum absolute atomic E-state index is 1.12. The molecular weight excluding hydrogens is 299 g/mol. The van der Waals surface area contributed by atoms with E-state index in [1.807, 2.05) is 0 Å². The van der Waals surface area contributed by atoms with Gasteiger partial charge in [-0.25, -0.2) is 0 Å². The molecule has 0 atom stereocenters. The first-order valence-corrected chi connectivity index (χ1v) is 9.42. The van der Waals surface area contributed by atoms with Crippen LogP contribution in [0.2, 0.25) is 19.6 Å². The van der Waals surface area contributed by atoms with Crippen molar-refractivity contribution in [2.24, 2.45) is 0 Å². The summed E-state index contributed by atoms with van der Waals surface area (Å²) in [7, 11) is -1.12. The molecule has 1 aromatic carbocycles. The van der Waals surface area contributed by atoms with Gasteiger partial charge in [-0.1, -0.05) is 66.5 Å². The van der Waals surface area contributed by atoms with Gasteiger partial charge in [-0.3, -0.25) is 0 Å². The van der Waals surface area contributed by atoms with Crippen LogP contribution in [0.3, 0.4) is 0 Å². The average Bonchev–Trinajstić information content (AvgIpc) is 2.07. The van der Waals surface area contributed by atoms with E-state index in [0.29, 0.717) is 0 Å². The van der Waals surface area contributed by atoms with E-state index < -0.39 is 8.07 Å². The monoisotopic (exact) mass is 316 g/mol. The summed E-state index contributed by atoms with van der Waals surface area (Å²) in [4.78, 5) is 0. The first-order chi connectivity index (χ1) is 6.41. The summed E-state index contributed by atoms with van der Waals surface area (Å²) in [5.74, 6) is 0. The van der Waals surface area contributed by atoms with Gasteiger partial charge in [0.1, 0.15) is 0 Å². The van der Waals surface area contributed by atoms with Crippen molar-refractivity contribution in [1.29, 1.82) is 0 Å². The van der Waals surface area contributed by atoms with Crippen molar-refractivity contribution in [3.63, 3.8) is 0 Å². The molecular formula is C12H17ISi. The van der Waals surface area contributed by atoms with Crippen LogP contribution in [0.25, 0.3) is 6.08 Å². The summed E-state index contributed by atoms with van der Waals surface area (Å²) in [5.41, 5.74) is 2.72. The van der Waals surface area contributed by atoms with E-state index in [-0.39, 0.29) is 0 Å². The van der Waals surface area contributed by atoms with Crippen molar-refractivity contribution in [2.45, 2.75) is 26.6 Å². The molecule has 2 heteroatoms. The molecule has 0 saturated heterocycles. The lowest BCUT2D eigenvalue weighted by Crippen LogP contribution is -2.19. The molecule has 0 aliphatic carbocycles. The lowest BCUT2D eigenvalue weighted by atomic mass is 10.1. The van der Waals surface area contributed by atoms with Crippen LogP contribution in [0.4, 0.5) is 0 Å². The predicted molar refractivity (Wildman–Crippen MR) is 76.5 cm³/mol. The standard InChI is InChI=1S/C12H17ISi/c1-10-7-5-6-8-11(10)9-12(13)14(2,3)4/h5-9H,1-4H3. The molecule has 0 heterocycles. The molecule has 0 fully saturated rings. The third-order valence-corrected chi connectivity index (χ3v) is 8.93. The van der Waals surface area contributed by atoms with Gasteiger partial charge in [0, 0.05) is 0 Å². The second-order valence-electron chi connectivity index (χ2n) is 4.60. The number of hydrogen-bond donors (Lipinski definition) is 0. The molecule has 0 radical (unpaired) electrons. The Hall–Kier alpha value is -0.0931. The van der Waals surface area contributed by atoms with Crippen molar-refractivity contribution >= 4 is 36.7 Å². The van der Waals surface area contributed by atoms with Crippen molar-refractivity contribution in [3.05, 3.63) is 38.6 Å². The summed E-state index contributed by atoms with van der Waals surface area (Å²) in [6.45, 7) is 9.30. The number of hydrogen-bond acceptors (Lipinski definition) is 0. The van der Waals surface area contributed by atoms with E-state index in [2.05, 4.69) is 79.5 Å². The zero-order chi connectivity index (χ0) is 10.8. The second-order valence-corrected chi connectivity index (χ2v) is 11.8. The van der Waals surface area contributed by atoms with E-state index in [0.717, 1.165) is 0 Å². The van der Waals surface area contributed by atoms with Crippen molar-refractivity contribution in [3.8, 4) is 0 Å². The molecule has 0 saturated carbocycles. The maximum absolute atomic E-state index is 2.49. The molecule has 0 spiro atoms. The van der Waals surface area contributed by atoms with Crippen LogP contribution in [0.15, 0.2) is 27.5 Å². The molecule has 1 rings (SSSR count). The quantitative estimate of drug-likeness (QED) is 0.550. The summed E-state index contributed by atoms with van der Waals surface area (Å²) in [5, 5.41) is 0. The molecule has 76 valence electrons. The van der Waals surface area contributed by atoms with Gasteiger partial charge in [-0.05, 0) is 27.3 Å². The third-order valence-electron chi connectivity index (χ3n) is 2.19. The lowest BCUT2D eigenvalue weighted by Gasteiger charge is -2.15. The Labute approximate surface area is 102 Å². The van der Waals surface area contributed by atoms with Crippen molar-refractivity contribution in [2.75, 3.05) is 0 Å². The number of halogens is 1. The van der Waals surface area contributed by atoms with Gasteiger partial charge in [0.25, 0.3) is 0 Å². The average molecular weight is 316 g/mol. The van der Waals surface area contributed by atoms with Gasteiger partial charge in [0.2, 0.25) is 0 Å². The Morgan fingerprint density at radius 3 is 2.29 bits per heavy atom. The van der Waals surface area contributed by atoms with Crippen LogP contribution < -0.4 is 0 Å². The minimum atomic E-state index is -1.12. The Balaban J connectivity index is 3.04. The largest absolute Gasteiger partial charge is 0.0854 e. The molecule has 0 nitrogen and oxygen atoms in total. The number of rotatable bonds is 2. The maximum atomic E-state index is 2.49. The number of aryl methyl sites for hydroxylation is 1. The predicted octanol–water partition coefficient (Wildman–Crippen LogP) is 4.65. The van der Waals surface area contributed by atoms with Gasteiger partial charge >= 0.3 is 0 Å². The first-order valence-electron chi connectivity index (χ1n) is 4.84. The summed E-state index contributed by atoms with van der Waals surface area (Å²) in [6, 6.07) is 8.55. The van der Waals surface area contributed by atoms with Crippen LogP contribution in [0.1, 0.15) is 11.1 Å². The van der Waals surface area contributed by atoms with E-state index >= 15 is 0 Å². The fourth-order valence-electron chi connectivity index (χ4n) is 1.10. The Kier molecular flexibility index (Phi) is 3.95. The van der Waals surface area contributed by atoms with Gasteiger partial charge in [0.15, 0.2) is 0 Å². The molecule has 0 aromatic heterocycles. The molecule has 0 unspecified atom stereocenters. The van der Waals surface area contributed by atoms with Crippen LogP contribution in [0, 0.1) is 6.92 Å². The highest BCUT2D eigenvalue weighted by molar-refractivity contribution is 14.1. The van der Waals surface area contributed by atoms with Gasteiger partial charge in [-0.2, -0.15) is 0 Å². The van der Waals surface area contributed by atoms with Crippen LogP contribution in [-0.2, 0) is 0 Å². The normalized spacial score (nSPS) is 13.1. The fourth-order valence-corrected chi connectivity index (χ4v) is 2.03. The van der Waals surface area contributed by atoms with E-state index in [1.54, 1.807) is 0 Å². The molecule has 1 aromatic rings. The highest BCUT2D eigenvalue weighted by atomic mass is 127. The summed E-state index contributed by atoms with van der Waals surface area (Å²) in [6.07, 6.45) is 2.34. The molecule has 0 aliphatic rings. The zero-order valence-corrected chi connectivity index (χ0v) is 12.4. The van der Waals surface area contributed by atoms with E-state index in [9.17, 15) is 0 Å². The molecule has 14 heavy (non-hydrogen) atoms. The van der Waals surface area contributed by atoms with Crippen LogP contribution >= 0.6 is 22.6 Å². The van der Waals surface area contributed by atoms with Crippen LogP contribution in [-0.4, -0.2) is 8.07 Å².